The molecule has 0 saturated carbocycles. The van der Waals surface area contributed by atoms with Crippen molar-refractivity contribution in [3.05, 3.63) is 24.5 Å². The number of aromatic nitrogens is 1. The molecule has 0 atom stereocenters. The Morgan fingerprint density at radius 1 is 1.42 bits per heavy atom. The van der Waals surface area contributed by atoms with Gasteiger partial charge < -0.3 is 10.2 Å². The molecule has 2 rings (SSSR count). The third-order valence-corrected chi connectivity index (χ3v) is 2.32. The van der Waals surface area contributed by atoms with E-state index in [1.807, 2.05) is 31.6 Å². The van der Waals surface area contributed by atoms with Crippen LogP contribution in [-0.4, -0.2) is 31.2 Å². The van der Waals surface area contributed by atoms with Gasteiger partial charge in [0.2, 0.25) is 0 Å². The normalized spacial score (nSPS) is 17.6. The number of nitrogens with one attached hydrogen (secondary N) is 1. The van der Waals surface area contributed by atoms with Crippen LogP contribution < -0.4 is 10.2 Å². The maximum Gasteiger partial charge on any atom is 0.0418 e. The first-order chi connectivity index (χ1) is 5.90. The van der Waals surface area contributed by atoms with Crippen LogP contribution in [0.1, 0.15) is 0 Å². The van der Waals surface area contributed by atoms with Crippen molar-refractivity contribution in [3.8, 4) is 0 Å². The van der Waals surface area contributed by atoms with E-state index in [2.05, 4.69) is 15.2 Å². The summed E-state index contributed by atoms with van der Waals surface area (Å²) in [6, 6.07) is 4.76. The number of rotatable bonds is 2. The Balaban J connectivity index is 1.97. The summed E-state index contributed by atoms with van der Waals surface area (Å²) in [7, 11) is 2.01. The van der Waals surface area contributed by atoms with Gasteiger partial charge in [-0.05, 0) is 19.2 Å². The number of anilines is 1. The average Bonchev–Trinajstić information content (AvgIpc) is 2.04. The summed E-state index contributed by atoms with van der Waals surface area (Å²) in [5.41, 5.74) is 1.27. The van der Waals surface area contributed by atoms with Crippen molar-refractivity contribution in [1.29, 1.82) is 0 Å². The number of pyridine rings is 1. The summed E-state index contributed by atoms with van der Waals surface area (Å²) < 4.78 is 0. The highest BCUT2D eigenvalue weighted by molar-refractivity contribution is 5.47. The molecular weight excluding hydrogens is 150 g/mol. The number of hydrogen-bond acceptors (Lipinski definition) is 3. The van der Waals surface area contributed by atoms with Crippen LogP contribution in [0.2, 0.25) is 0 Å². The molecule has 0 spiro atoms. The first-order valence-corrected chi connectivity index (χ1v) is 4.22. The number of likely N-dealkylation sites (N-methyl/N-ethyl adjacent to an activating group) is 1. The summed E-state index contributed by atoms with van der Waals surface area (Å²) in [6.45, 7) is 2.22. The van der Waals surface area contributed by atoms with Gasteiger partial charge in [0.05, 0.1) is 0 Å². The smallest absolute Gasteiger partial charge is 0.0418 e. The van der Waals surface area contributed by atoms with E-state index in [9.17, 15) is 0 Å². The van der Waals surface area contributed by atoms with E-state index >= 15 is 0 Å². The van der Waals surface area contributed by atoms with Gasteiger partial charge in [-0.2, -0.15) is 0 Å². The maximum atomic E-state index is 3.98. The molecular formula is C9H13N3. The summed E-state index contributed by atoms with van der Waals surface area (Å²) in [5.74, 6) is 0. The Morgan fingerprint density at radius 3 is 2.67 bits per heavy atom. The molecule has 1 N–H and O–H groups in total. The summed E-state index contributed by atoms with van der Waals surface area (Å²) in [5, 5.41) is 3.24. The molecule has 1 aromatic rings. The van der Waals surface area contributed by atoms with E-state index in [1.165, 1.54) is 5.69 Å². The predicted octanol–water partition coefficient (Wildman–Crippen LogP) is 0.490. The van der Waals surface area contributed by atoms with Gasteiger partial charge in [0.25, 0.3) is 0 Å². The van der Waals surface area contributed by atoms with E-state index in [-0.39, 0.29) is 0 Å². The Morgan fingerprint density at radius 2 is 2.08 bits per heavy atom. The molecule has 1 aliphatic heterocycles. The molecule has 2 heterocycles. The molecule has 1 fully saturated rings. The molecule has 0 bridgehead atoms. The average molecular weight is 163 g/mol. The van der Waals surface area contributed by atoms with E-state index in [0.29, 0.717) is 6.04 Å². The van der Waals surface area contributed by atoms with Crippen LogP contribution in [0.5, 0.6) is 0 Å². The highest BCUT2D eigenvalue weighted by Crippen LogP contribution is 2.18. The minimum atomic E-state index is 0.665. The van der Waals surface area contributed by atoms with Crippen molar-refractivity contribution in [2.24, 2.45) is 0 Å². The molecule has 12 heavy (non-hydrogen) atoms. The lowest BCUT2D eigenvalue weighted by atomic mass is 10.1. The summed E-state index contributed by atoms with van der Waals surface area (Å²) in [4.78, 5) is 6.32. The monoisotopic (exact) mass is 163 g/mol. The SMILES string of the molecule is CNC1CN(c2ccncc2)C1. The van der Waals surface area contributed by atoms with E-state index in [4.69, 9.17) is 0 Å². The highest BCUT2D eigenvalue weighted by atomic mass is 15.2. The van der Waals surface area contributed by atoms with Gasteiger partial charge in [-0.15, -0.1) is 0 Å². The molecule has 0 amide bonds. The van der Waals surface area contributed by atoms with Gasteiger partial charge >= 0.3 is 0 Å². The largest absolute Gasteiger partial charge is 0.368 e. The third-order valence-electron chi connectivity index (χ3n) is 2.32. The van der Waals surface area contributed by atoms with Crippen LogP contribution in [0.25, 0.3) is 0 Å². The molecule has 3 heteroatoms. The van der Waals surface area contributed by atoms with Gasteiger partial charge in [-0.3, -0.25) is 4.98 Å². The zero-order valence-corrected chi connectivity index (χ0v) is 7.20. The minimum absolute atomic E-state index is 0.665. The van der Waals surface area contributed by atoms with Crippen molar-refractivity contribution in [1.82, 2.24) is 10.3 Å². The first kappa shape index (κ1) is 7.55. The van der Waals surface area contributed by atoms with E-state index in [1.54, 1.807) is 0 Å². The van der Waals surface area contributed by atoms with Crippen LogP contribution in [0, 0.1) is 0 Å². The molecule has 3 nitrogen and oxygen atoms in total. The highest BCUT2D eigenvalue weighted by Gasteiger charge is 2.24. The standard InChI is InChI=1S/C9H13N3/c1-10-8-6-12(7-8)9-2-4-11-5-3-9/h2-5,8,10H,6-7H2,1H3. The molecule has 1 aromatic heterocycles. The number of nitrogens with zero attached hydrogens (tertiary/aromatic N) is 2. The molecule has 64 valence electrons. The Kier molecular flexibility index (Phi) is 1.96. The second-order valence-corrected chi connectivity index (χ2v) is 3.10. The topological polar surface area (TPSA) is 28.2 Å². The fourth-order valence-electron chi connectivity index (χ4n) is 1.43. The molecule has 0 aromatic carbocycles. The van der Waals surface area contributed by atoms with Crippen molar-refractivity contribution >= 4 is 5.69 Å². The quantitative estimate of drug-likeness (QED) is 0.687. The van der Waals surface area contributed by atoms with Gasteiger partial charge in [0.15, 0.2) is 0 Å². The fourth-order valence-corrected chi connectivity index (χ4v) is 1.43. The van der Waals surface area contributed by atoms with Gasteiger partial charge in [0.1, 0.15) is 0 Å². The molecule has 1 aliphatic rings. The Bertz CT molecular complexity index is 241. The Labute approximate surface area is 72.4 Å². The van der Waals surface area contributed by atoms with Crippen LogP contribution >= 0.6 is 0 Å². The lowest BCUT2D eigenvalue weighted by molar-refractivity contribution is 0.450. The van der Waals surface area contributed by atoms with Crippen LogP contribution in [0.4, 0.5) is 5.69 Å². The number of hydrogen-bond donors (Lipinski definition) is 1. The van der Waals surface area contributed by atoms with Gasteiger partial charge in [0, 0.05) is 37.2 Å². The van der Waals surface area contributed by atoms with Gasteiger partial charge in [-0.1, -0.05) is 0 Å². The van der Waals surface area contributed by atoms with E-state index in [0.717, 1.165) is 13.1 Å². The van der Waals surface area contributed by atoms with Crippen LogP contribution in [0.15, 0.2) is 24.5 Å². The Hall–Kier alpha value is -1.09. The fraction of sp³-hybridized carbons (Fsp3) is 0.444. The third kappa shape index (κ3) is 1.28. The van der Waals surface area contributed by atoms with Crippen molar-refractivity contribution in [3.63, 3.8) is 0 Å². The van der Waals surface area contributed by atoms with Gasteiger partial charge in [-0.25, -0.2) is 0 Å². The minimum Gasteiger partial charge on any atom is -0.368 e. The van der Waals surface area contributed by atoms with Crippen LogP contribution in [0.3, 0.4) is 0 Å². The van der Waals surface area contributed by atoms with Crippen molar-refractivity contribution in [2.75, 3.05) is 25.0 Å². The van der Waals surface area contributed by atoms with Crippen LogP contribution in [-0.2, 0) is 0 Å². The zero-order chi connectivity index (χ0) is 8.39. The zero-order valence-electron chi connectivity index (χ0n) is 7.20. The second kappa shape index (κ2) is 3.11. The predicted molar refractivity (Wildman–Crippen MR) is 49.3 cm³/mol. The van der Waals surface area contributed by atoms with Crippen molar-refractivity contribution < 1.29 is 0 Å². The lowest BCUT2D eigenvalue weighted by Gasteiger charge is -2.40. The summed E-state index contributed by atoms with van der Waals surface area (Å²) in [6.07, 6.45) is 3.67. The molecule has 0 radical (unpaired) electrons. The lowest BCUT2D eigenvalue weighted by Crippen LogP contribution is -2.57. The maximum absolute atomic E-state index is 3.98. The van der Waals surface area contributed by atoms with Crippen molar-refractivity contribution in [2.45, 2.75) is 6.04 Å². The second-order valence-electron chi connectivity index (χ2n) is 3.10. The molecule has 0 aliphatic carbocycles. The van der Waals surface area contributed by atoms with E-state index < -0.39 is 0 Å². The summed E-state index contributed by atoms with van der Waals surface area (Å²) >= 11 is 0. The molecule has 0 unspecified atom stereocenters. The molecule has 1 saturated heterocycles. The first-order valence-electron chi connectivity index (χ1n) is 4.22.